The van der Waals surface area contributed by atoms with Crippen molar-refractivity contribution < 1.29 is 4.92 Å². The number of halogens is 1. The van der Waals surface area contributed by atoms with E-state index in [2.05, 4.69) is 44.7 Å². The lowest BCUT2D eigenvalue weighted by Gasteiger charge is -2.23. The molecular formula is C12H17BrN4O2. The molecule has 7 heteroatoms. The minimum absolute atomic E-state index is 0.0112. The monoisotopic (exact) mass is 328 g/mol. The summed E-state index contributed by atoms with van der Waals surface area (Å²) in [6.45, 7) is 5.00. The topological polar surface area (TPSA) is 62.5 Å². The van der Waals surface area contributed by atoms with Gasteiger partial charge in [-0.1, -0.05) is 6.92 Å². The van der Waals surface area contributed by atoms with Crippen LogP contribution in [-0.4, -0.2) is 47.5 Å². The second kappa shape index (κ2) is 5.83. The summed E-state index contributed by atoms with van der Waals surface area (Å²) in [7, 11) is 2.12. The van der Waals surface area contributed by atoms with Gasteiger partial charge in [-0.05, 0) is 35.9 Å². The second-order valence-electron chi connectivity index (χ2n) is 4.72. The molecule has 0 saturated carbocycles. The standard InChI is InChI=1S/C12H17BrN4O2/c1-3-15(2)9-4-5-16(8-9)12-11(13)6-10(7-14-12)17(18)19/h6-7,9H,3-5,8H2,1-2H3. The number of rotatable bonds is 4. The van der Waals surface area contributed by atoms with E-state index < -0.39 is 4.92 Å². The number of aromatic nitrogens is 1. The van der Waals surface area contributed by atoms with E-state index in [4.69, 9.17) is 0 Å². The van der Waals surface area contributed by atoms with Crippen molar-refractivity contribution in [2.75, 3.05) is 31.6 Å². The van der Waals surface area contributed by atoms with Crippen LogP contribution in [0.5, 0.6) is 0 Å². The van der Waals surface area contributed by atoms with E-state index in [-0.39, 0.29) is 5.69 Å². The van der Waals surface area contributed by atoms with Gasteiger partial charge in [-0.15, -0.1) is 0 Å². The molecule has 1 unspecified atom stereocenters. The third kappa shape index (κ3) is 3.03. The fourth-order valence-corrected chi connectivity index (χ4v) is 2.89. The summed E-state index contributed by atoms with van der Waals surface area (Å²) in [5.41, 5.74) is 0.0112. The molecule has 0 aromatic carbocycles. The molecule has 1 aliphatic heterocycles. The summed E-state index contributed by atoms with van der Waals surface area (Å²) in [4.78, 5) is 19.0. The van der Waals surface area contributed by atoms with Crippen LogP contribution in [0.3, 0.4) is 0 Å². The molecule has 19 heavy (non-hydrogen) atoms. The van der Waals surface area contributed by atoms with Crippen molar-refractivity contribution in [1.82, 2.24) is 9.88 Å². The van der Waals surface area contributed by atoms with Crippen LogP contribution in [0.1, 0.15) is 13.3 Å². The lowest BCUT2D eigenvalue weighted by molar-refractivity contribution is -0.385. The van der Waals surface area contributed by atoms with Crippen LogP contribution in [0, 0.1) is 10.1 Å². The Morgan fingerprint density at radius 2 is 2.42 bits per heavy atom. The molecule has 0 aliphatic carbocycles. The van der Waals surface area contributed by atoms with Crippen molar-refractivity contribution in [3.63, 3.8) is 0 Å². The van der Waals surface area contributed by atoms with E-state index in [0.29, 0.717) is 10.5 Å². The molecule has 1 fully saturated rings. The average Bonchev–Trinajstić information content (AvgIpc) is 2.87. The van der Waals surface area contributed by atoms with Gasteiger partial charge in [0.1, 0.15) is 12.0 Å². The normalized spacial score (nSPS) is 19.2. The number of pyridine rings is 1. The molecular weight excluding hydrogens is 312 g/mol. The van der Waals surface area contributed by atoms with Crippen LogP contribution in [0.4, 0.5) is 11.5 Å². The first kappa shape index (κ1) is 14.2. The van der Waals surface area contributed by atoms with Crippen LogP contribution in [0.2, 0.25) is 0 Å². The molecule has 0 amide bonds. The van der Waals surface area contributed by atoms with E-state index >= 15 is 0 Å². The fourth-order valence-electron chi connectivity index (χ4n) is 2.31. The highest BCUT2D eigenvalue weighted by molar-refractivity contribution is 9.10. The van der Waals surface area contributed by atoms with Gasteiger partial charge in [0, 0.05) is 25.2 Å². The Labute approximate surface area is 120 Å². The zero-order valence-corrected chi connectivity index (χ0v) is 12.6. The van der Waals surface area contributed by atoms with Gasteiger partial charge in [-0.2, -0.15) is 0 Å². The van der Waals surface area contributed by atoms with E-state index in [9.17, 15) is 10.1 Å². The van der Waals surface area contributed by atoms with Crippen molar-refractivity contribution >= 4 is 27.4 Å². The van der Waals surface area contributed by atoms with E-state index in [1.165, 1.54) is 12.3 Å². The van der Waals surface area contributed by atoms with Crippen LogP contribution in [-0.2, 0) is 0 Å². The quantitative estimate of drug-likeness (QED) is 0.626. The summed E-state index contributed by atoms with van der Waals surface area (Å²) in [6.07, 6.45) is 2.41. The first-order valence-electron chi connectivity index (χ1n) is 6.28. The van der Waals surface area contributed by atoms with E-state index in [0.717, 1.165) is 31.9 Å². The second-order valence-corrected chi connectivity index (χ2v) is 5.57. The molecule has 1 saturated heterocycles. The lowest BCUT2D eigenvalue weighted by atomic mass is 10.2. The Kier molecular flexibility index (Phi) is 4.36. The number of nitro groups is 1. The predicted octanol–water partition coefficient (Wildman–Crippen LogP) is 2.28. The van der Waals surface area contributed by atoms with Gasteiger partial charge in [0.15, 0.2) is 0 Å². The highest BCUT2D eigenvalue weighted by atomic mass is 79.9. The molecule has 104 valence electrons. The van der Waals surface area contributed by atoms with Crippen molar-refractivity contribution in [1.29, 1.82) is 0 Å². The van der Waals surface area contributed by atoms with E-state index in [1.54, 1.807) is 0 Å². The smallest absolute Gasteiger partial charge is 0.288 e. The maximum absolute atomic E-state index is 10.7. The molecule has 2 rings (SSSR count). The van der Waals surface area contributed by atoms with Gasteiger partial charge in [-0.3, -0.25) is 10.1 Å². The minimum Gasteiger partial charge on any atom is -0.354 e. The molecule has 0 N–H and O–H groups in total. The molecule has 1 aliphatic rings. The number of anilines is 1. The molecule has 2 heterocycles. The molecule has 1 aromatic rings. The average molecular weight is 329 g/mol. The van der Waals surface area contributed by atoms with Crippen LogP contribution >= 0.6 is 15.9 Å². The fraction of sp³-hybridized carbons (Fsp3) is 0.583. The van der Waals surface area contributed by atoms with Crippen molar-refractivity contribution in [3.05, 3.63) is 26.9 Å². The highest BCUT2D eigenvalue weighted by Gasteiger charge is 2.27. The molecule has 0 bridgehead atoms. The predicted molar refractivity (Wildman–Crippen MR) is 77.5 cm³/mol. The molecule has 1 atom stereocenters. The largest absolute Gasteiger partial charge is 0.354 e. The SMILES string of the molecule is CCN(C)C1CCN(c2ncc([N+](=O)[O-])cc2Br)C1. The summed E-state index contributed by atoms with van der Waals surface area (Å²) >= 11 is 3.38. The van der Waals surface area contributed by atoms with Gasteiger partial charge < -0.3 is 9.80 Å². The molecule has 6 nitrogen and oxygen atoms in total. The van der Waals surface area contributed by atoms with Crippen molar-refractivity contribution in [2.24, 2.45) is 0 Å². The maximum Gasteiger partial charge on any atom is 0.288 e. The van der Waals surface area contributed by atoms with E-state index in [1.807, 2.05) is 0 Å². The number of nitrogens with zero attached hydrogens (tertiary/aromatic N) is 4. The number of hydrogen-bond donors (Lipinski definition) is 0. The highest BCUT2D eigenvalue weighted by Crippen LogP contribution is 2.30. The van der Waals surface area contributed by atoms with Crippen LogP contribution in [0.25, 0.3) is 0 Å². The Morgan fingerprint density at radius 1 is 1.68 bits per heavy atom. The summed E-state index contributed by atoms with van der Waals surface area (Å²) in [5, 5.41) is 10.7. The third-order valence-electron chi connectivity index (χ3n) is 3.60. The number of likely N-dealkylation sites (N-methyl/N-ethyl adjacent to an activating group) is 1. The summed E-state index contributed by atoms with van der Waals surface area (Å²) < 4.78 is 0.682. The first-order valence-corrected chi connectivity index (χ1v) is 7.07. The Hall–Kier alpha value is -1.21. The Bertz CT molecular complexity index is 483. The molecule has 0 radical (unpaired) electrons. The van der Waals surface area contributed by atoms with Gasteiger partial charge in [-0.25, -0.2) is 4.98 Å². The zero-order valence-electron chi connectivity index (χ0n) is 11.0. The van der Waals surface area contributed by atoms with Crippen LogP contribution in [0.15, 0.2) is 16.7 Å². The summed E-state index contributed by atoms with van der Waals surface area (Å²) in [6, 6.07) is 2.04. The van der Waals surface area contributed by atoms with Gasteiger partial charge >= 0.3 is 0 Å². The van der Waals surface area contributed by atoms with Gasteiger partial charge in [0.25, 0.3) is 5.69 Å². The Balaban J connectivity index is 2.13. The zero-order chi connectivity index (χ0) is 14.0. The van der Waals surface area contributed by atoms with Crippen molar-refractivity contribution in [3.8, 4) is 0 Å². The number of hydrogen-bond acceptors (Lipinski definition) is 5. The Morgan fingerprint density at radius 3 is 3.00 bits per heavy atom. The third-order valence-corrected chi connectivity index (χ3v) is 4.19. The maximum atomic E-state index is 10.7. The van der Waals surface area contributed by atoms with Crippen molar-refractivity contribution in [2.45, 2.75) is 19.4 Å². The van der Waals surface area contributed by atoms with Crippen LogP contribution < -0.4 is 4.90 Å². The lowest BCUT2D eigenvalue weighted by Crippen LogP contribution is -2.34. The van der Waals surface area contributed by atoms with Gasteiger partial charge in [0.05, 0.1) is 9.40 Å². The first-order chi connectivity index (χ1) is 9.02. The minimum atomic E-state index is -0.431. The molecule has 0 spiro atoms. The summed E-state index contributed by atoms with van der Waals surface area (Å²) in [5.74, 6) is 0.789. The van der Waals surface area contributed by atoms with Gasteiger partial charge in [0.2, 0.25) is 0 Å². The molecule has 1 aromatic heterocycles.